The molecular formula is C13H19NO4S. The number of aliphatic carboxylic acids is 1. The summed E-state index contributed by atoms with van der Waals surface area (Å²) >= 11 is 0. The smallest absolute Gasteiger partial charge is 0.323 e. The Hall–Kier alpha value is -1.40. The lowest BCUT2D eigenvalue weighted by molar-refractivity contribution is -0.136. The van der Waals surface area contributed by atoms with Crippen LogP contribution >= 0.6 is 0 Å². The number of hydrogen-bond donors (Lipinski definition) is 1. The first-order chi connectivity index (χ1) is 8.89. The number of carbonyl (C=O) groups is 1. The van der Waals surface area contributed by atoms with Crippen LogP contribution in [0.15, 0.2) is 30.3 Å². The van der Waals surface area contributed by atoms with Crippen molar-refractivity contribution in [3.8, 4) is 0 Å². The molecule has 106 valence electrons. The zero-order valence-corrected chi connectivity index (χ0v) is 11.9. The third kappa shape index (κ3) is 4.04. The molecule has 0 aliphatic heterocycles. The molecule has 0 spiro atoms. The Bertz CT molecular complexity index is 513. The average Bonchev–Trinajstić information content (AvgIpc) is 2.39. The van der Waals surface area contributed by atoms with Gasteiger partial charge >= 0.3 is 5.97 Å². The lowest BCUT2D eigenvalue weighted by atomic mass is 10.1. The van der Waals surface area contributed by atoms with Gasteiger partial charge in [0.2, 0.25) is 10.0 Å². The predicted molar refractivity (Wildman–Crippen MR) is 73.4 cm³/mol. The topological polar surface area (TPSA) is 74.7 Å². The van der Waals surface area contributed by atoms with E-state index in [0.29, 0.717) is 13.0 Å². The Morgan fingerprint density at radius 1 is 1.32 bits per heavy atom. The molecule has 0 aliphatic rings. The van der Waals surface area contributed by atoms with Crippen LogP contribution in [0.3, 0.4) is 0 Å². The molecular weight excluding hydrogens is 266 g/mol. The molecule has 0 aliphatic carbocycles. The van der Waals surface area contributed by atoms with E-state index >= 15 is 0 Å². The molecule has 0 saturated carbocycles. The maximum atomic E-state index is 12.1. The van der Waals surface area contributed by atoms with Crippen molar-refractivity contribution < 1.29 is 18.3 Å². The van der Waals surface area contributed by atoms with Crippen LogP contribution in [0.2, 0.25) is 0 Å². The van der Waals surface area contributed by atoms with Gasteiger partial charge in [0.1, 0.15) is 0 Å². The molecule has 1 aromatic carbocycles. The van der Waals surface area contributed by atoms with Gasteiger partial charge in [0.05, 0.1) is 0 Å². The number of nitrogens with zero attached hydrogens (tertiary/aromatic N) is 1. The van der Waals surface area contributed by atoms with Crippen molar-refractivity contribution in [1.29, 1.82) is 0 Å². The number of carboxylic acid groups (broad SMARTS) is 1. The standard InChI is InChI=1S/C13H19NO4S/c1-3-14(19(17,18)11(2)13(15)16)10-9-12-7-5-4-6-8-12/h4-8,11H,3,9-10H2,1-2H3,(H,15,16). The van der Waals surface area contributed by atoms with Crippen molar-refractivity contribution in [1.82, 2.24) is 4.31 Å². The molecule has 0 fully saturated rings. The summed E-state index contributed by atoms with van der Waals surface area (Å²) in [6.45, 7) is 3.47. The molecule has 6 heteroatoms. The van der Waals surface area contributed by atoms with Gasteiger partial charge in [-0.3, -0.25) is 4.79 Å². The fourth-order valence-electron chi connectivity index (χ4n) is 1.71. The number of rotatable bonds is 7. The molecule has 0 bridgehead atoms. The normalized spacial score (nSPS) is 13.4. The van der Waals surface area contributed by atoms with E-state index in [2.05, 4.69) is 0 Å². The Labute approximate surface area is 113 Å². The van der Waals surface area contributed by atoms with Gasteiger partial charge in [0.15, 0.2) is 5.25 Å². The van der Waals surface area contributed by atoms with Crippen LogP contribution in [0.1, 0.15) is 19.4 Å². The molecule has 5 nitrogen and oxygen atoms in total. The Kier molecular flexibility index (Phi) is 5.50. The molecule has 1 N–H and O–H groups in total. The van der Waals surface area contributed by atoms with Crippen molar-refractivity contribution in [2.75, 3.05) is 13.1 Å². The predicted octanol–water partition coefficient (Wildman–Crippen LogP) is 1.35. The highest BCUT2D eigenvalue weighted by Crippen LogP contribution is 2.11. The van der Waals surface area contributed by atoms with Crippen LogP contribution in [0, 0.1) is 0 Å². The van der Waals surface area contributed by atoms with Gasteiger partial charge in [-0.15, -0.1) is 0 Å². The summed E-state index contributed by atoms with van der Waals surface area (Å²) in [7, 11) is -3.79. The summed E-state index contributed by atoms with van der Waals surface area (Å²) in [6.07, 6.45) is 0.570. The molecule has 0 aromatic heterocycles. The second-order valence-corrected chi connectivity index (χ2v) is 6.51. The molecule has 0 heterocycles. The van der Waals surface area contributed by atoms with Gasteiger partial charge in [-0.1, -0.05) is 37.3 Å². The van der Waals surface area contributed by atoms with Crippen molar-refractivity contribution in [2.45, 2.75) is 25.5 Å². The van der Waals surface area contributed by atoms with Gasteiger partial charge in [-0.2, -0.15) is 0 Å². The Morgan fingerprint density at radius 3 is 2.37 bits per heavy atom. The highest BCUT2D eigenvalue weighted by atomic mass is 32.2. The second-order valence-electron chi connectivity index (χ2n) is 4.25. The van der Waals surface area contributed by atoms with Gasteiger partial charge in [0, 0.05) is 13.1 Å². The van der Waals surface area contributed by atoms with Crippen LogP contribution in [-0.4, -0.2) is 42.1 Å². The molecule has 1 unspecified atom stereocenters. The summed E-state index contributed by atoms with van der Waals surface area (Å²) < 4.78 is 25.4. The zero-order valence-electron chi connectivity index (χ0n) is 11.1. The lowest BCUT2D eigenvalue weighted by Crippen LogP contribution is -2.42. The monoisotopic (exact) mass is 285 g/mol. The van der Waals surface area contributed by atoms with E-state index in [-0.39, 0.29) is 6.54 Å². The molecule has 0 amide bonds. The van der Waals surface area contributed by atoms with Crippen LogP contribution < -0.4 is 0 Å². The third-order valence-corrected chi connectivity index (χ3v) is 5.26. The molecule has 0 saturated heterocycles. The van der Waals surface area contributed by atoms with E-state index in [1.807, 2.05) is 30.3 Å². The fraction of sp³-hybridized carbons (Fsp3) is 0.462. The summed E-state index contributed by atoms with van der Waals surface area (Å²) in [6, 6.07) is 9.51. The maximum absolute atomic E-state index is 12.1. The lowest BCUT2D eigenvalue weighted by Gasteiger charge is -2.22. The second kappa shape index (κ2) is 6.68. The Balaban J connectivity index is 2.76. The van der Waals surface area contributed by atoms with Crippen LogP contribution in [0.25, 0.3) is 0 Å². The van der Waals surface area contributed by atoms with Crippen LogP contribution in [0.4, 0.5) is 0 Å². The van der Waals surface area contributed by atoms with Crippen molar-refractivity contribution >= 4 is 16.0 Å². The van der Waals surface area contributed by atoms with E-state index in [9.17, 15) is 13.2 Å². The molecule has 19 heavy (non-hydrogen) atoms. The van der Waals surface area contributed by atoms with Crippen molar-refractivity contribution in [2.24, 2.45) is 0 Å². The minimum Gasteiger partial charge on any atom is -0.480 e. The number of carboxylic acids is 1. The van der Waals surface area contributed by atoms with Crippen molar-refractivity contribution in [3.63, 3.8) is 0 Å². The van der Waals surface area contributed by atoms with Crippen LogP contribution in [-0.2, 0) is 21.2 Å². The maximum Gasteiger partial charge on any atom is 0.323 e. The SMILES string of the molecule is CCN(CCc1ccccc1)S(=O)(=O)C(C)C(=O)O. The molecule has 1 aromatic rings. The number of sulfonamides is 1. The molecule has 1 atom stereocenters. The minimum absolute atomic E-state index is 0.271. The van der Waals surface area contributed by atoms with E-state index in [4.69, 9.17) is 5.11 Å². The minimum atomic E-state index is -3.79. The molecule has 0 radical (unpaired) electrons. The first-order valence-corrected chi connectivity index (χ1v) is 7.65. The third-order valence-electron chi connectivity index (χ3n) is 3.00. The van der Waals surface area contributed by atoms with Gasteiger partial charge in [-0.25, -0.2) is 12.7 Å². The summed E-state index contributed by atoms with van der Waals surface area (Å²) in [4.78, 5) is 10.8. The highest BCUT2D eigenvalue weighted by molar-refractivity contribution is 7.90. The van der Waals surface area contributed by atoms with Crippen LogP contribution in [0.5, 0.6) is 0 Å². The quantitative estimate of drug-likeness (QED) is 0.820. The number of likely N-dealkylation sites (N-methyl/N-ethyl adjacent to an activating group) is 1. The highest BCUT2D eigenvalue weighted by Gasteiger charge is 2.32. The first-order valence-electron chi connectivity index (χ1n) is 6.15. The van der Waals surface area contributed by atoms with E-state index in [0.717, 1.165) is 5.56 Å². The zero-order chi connectivity index (χ0) is 14.5. The van der Waals surface area contributed by atoms with E-state index < -0.39 is 21.2 Å². The molecule has 1 rings (SSSR count). The summed E-state index contributed by atoms with van der Waals surface area (Å²) in [5, 5.41) is 7.43. The van der Waals surface area contributed by atoms with E-state index in [1.165, 1.54) is 11.2 Å². The number of hydrogen-bond acceptors (Lipinski definition) is 3. The van der Waals surface area contributed by atoms with Gasteiger partial charge < -0.3 is 5.11 Å². The summed E-state index contributed by atoms with van der Waals surface area (Å²) in [5.74, 6) is -1.32. The number of benzene rings is 1. The van der Waals surface area contributed by atoms with E-state index in [1.54, 1.807) is 6.92 Å². The van der Waals surface area contributed by atoms with Crippen molar-refractivity contribution in [3.05, 3.63) is 35.9 Å². The Morgan fingerprint density at radius 2 is 1.89 bits per heavy atom. The summed E-state index contributed by atoms with van der Waals surface area (Å²) in [5.41, 5.74) is 1.03. The van der Waals surface area contributed by atoms with Gasteiger partial charge in [0.25, 0.3) is 0 Å². The fourth-order valence-corrected chi connectivity index (χ4v) is 3.12. The average molecular weight is 285 g/mol. The largest absolute Gasteiger partial charge is 0.480 e. The van der Waals surface area contributed by atoms with Gasteiger partial charge in [-0.05, 0) is 18.9 Å². The first kappa shape index (κ1) is 15.7.